The van der Waals surface area contributed by atoms with Gasteiger partial charge >= 0.3 is 5.97 Å². The number of likely N-dealkylation sites (N-methyl/N-ethyl adjacent to an activating group) is 1. The van der Waals surface area contributed by atoms with Gasteiger partial charge in [-0.15, -0.1) is 0 Å². The molecule has 0 aromatic rings. The van der Waals surface area contributed by atoms with E-state index in [-0.39, 0.29) is 30.4 Å². The number of aliphatic hydroxyl groups is 1. The van der Waals surface area contributed by atoms with Gasteiger partial charge in [0.1, 0.15) is 6.61 Å². The lowest BCUT2D eigenvalue weighted by atomic mass is 10.6. The van der Waals surface area contributed by atoms with Crippen molar-refractivity contribution in [3.63, 3.8) is 0 Å². The molecular weight excluding hydrogens is 222 g/mol. The first kappa shape index (κ1) is 14.7. The Hall–Kier alpha value is -0.340. The van der Waals surface area contributed by atoms with Gasteiger partial charge in [0.05, 0.1) is 34.0 Å². The van der Waals surface area contributed by atoms with E-state index in [2.05, 4.69) is 4.74 Å². The third-order valence-electron chi connectivity index (χ3n) is 1.47. The summed E-state index contributed by atoms with van der Waals surface area (Å²) < 4.78 is 9.10. The molecule has 0 aromatic heterocycles. The molecule has 0 rings (SSSR count). The van der Waals surface area contributed by atoms with Crippen LogP contribution in [0.4, 0.5) is 0 Å². The van der Waals surface area contributed by atoms with Crippen molar-refractivity contribution in [2.24, 2.45) is 0 Å². The van der Waals surface area contributed by atoms with Crippen LogP contribution in [0.3, 0.4) is 0 Å². The van der Waals surface area contributed by atoms with Crippen LogP contribution in [0.1, 0.15) is 0 Å². The summed E-state index contributed by atoms with van der Waals surface area (Å²) in [5.74, 6) is -0.427. The molecule has 0 aliphatic rings. The summed E-state index contributed by atoms with van der Waals surface area (Å²) in [6, 6.07) is 0. The first-order valence-corrected chi connectivity index (χ1v) is 4.85. The largest absolute Gasteiger partial charge is 0.465 e. The number of nitrogens with zero attached hydrogens (tertiary/aromatic N) is 1. The topological polar surface area (TPSA) is 65.0 Å². The van der Waals surface area contributed by atoms with E-state index in [0.717, 1.165) is 0 Å². The van der Waals surface area contributed by atoms with Crippen LogP contribution in [-0.2, 0) is 31.9 Å². The van der Waals surface area contributed by atoms with Gasteiger partial charge in [-0.2, -0.15) is 0 Å². The van der Waals surface area contributed by atoms with Crippen LogP contribution < -0.4 is 0 Å². The maximum atomic E-state index is 10.9. The number of rotatable bonds is 8. The second-order valence-corrected chi connectivity index (χ2v) is 3.69. The molecule has 0 aliphatic heterocycles. The summed E-state index contributed by atoms with van der Waals surface area (Å²) in [5, 5.41) is 8.42. The van der Waals surface area contributed by atoms with E-state index < -0.39 is 5.97 Å². The monoisotopic (exact) mass is 239 g/mol. The van der Waals surface area contributed by atoms with Crippen LogP contribution in [0, 0.1) is 0 Å². The molecule has 0 saturated heterocycles. The van der Waals surface area contributed by atoms with Crippen LogP contribution in [-0.4, -0.2) is 62.3 Å². The number of carbonyl (C=O) groups excluding carboxylic acids is 1. The first-order valence-electron chi connectivity index (χ1n) is 4.48. The van der Waals surface area contributed by atoms with Gasteiger partial charge in [0.25, 0.3) is 0 Å². The minimum atomic E-state index is -0.427. The van der Waals surface area contributed by atoms with Crippen molar-refractivity contribution in [3.8, 4) is 0 Å². The fraction of sp³-hybridized carbons (Fsp3) is 0.875. The Labute approximate surface area is 94.8 Å². The highest BCUT2D eigenvalue weighted by Crippen LogP contribution is 2.00. The number of esters is 1. The number of quaternary nitrogens is 1. The molecule has 1 N–H and O–H groups in total. The fourth-order valence-corrected chi connectivity index (χ4v) is 0.981. The minimum Gasteiger partial charge on any atom is -0.465 e. The second-order valence-electron chi connectivity index (χ2n) is 2.92. The van der Waals surface area contributed by atoms with Gasteiger partial charge in [-0.05, 0) is 0 Å². The first-order chi connectivity index (χ1) is 7.02. The molecule has 0 bridgehead atoms. The molecule has 0 amide bonds. The number of carbonyl (C=O) groups is 1. The number of ether oxygens (including phenoxy) is 2. The Morgan fingerprint density at radius 1 is 1.40 bits per heavy atom. The summed E-state index contributed by atoms with van der Waals surface area (Å²) in [6.45, 7) is 0.790. The summed E-state index contributed by atoms with van der Waals surface area (Å²) in [6.07, 6.45) is 0. The van der Waals surface area contributed by atoms with Gasteiger partial charge in [-0.1, -0.05) is 0 Å². The lowest BCUT2D eigenvalue weighted by Crippen LogP contribution is -2.43. The standard InChI is InChI=1S/C8H17NO5S/c1-9(15,7-8(11)12-2)14-6-5-13-4-3-10/h10H,3-7H2,1-2H3. The second kappa shape index (κ2) is 7.89. The average Bonchev–Trinajstić information content (AvgIpc) is 2.16. The summed E-state index contributed by atoms with van der Waals surface area (Å²) in [4.78, 5) is 16.1. The van der Waals surface area contributed by atoms with Crippen LogP contribution in [0.2, 0.25) is 0 Å². The average molecular weight is 239 g/mol. The Morgan fingerprint density at radius 3 is 2.60 bits per heavy atom. The van der Waals surface area contributed by atoms with Gasteiger partial charge in [-0.25, -0.2) is 9.63 Å². The lowest BCUT2D eigenvalue weighted by Gasteiger charge is -2.35. The van der Waals surface area contributed by atoms with E-state index in [9.17, 15) is 4.79 Å². The highest BCUT2D eigenvalue weighted by atomic mass is 32.1. The van der Waals surface area contributed by atoms with Gasteiger partial charge in [0.2, 0.25) is 0 Å². The van der Waals surface area contributed by atoms with Crippen molar-refractivity contribution >= 4 is 18.8 Å². The Kier molecular flexibility index (Phi) is 7.71. The van der Waals surface area contributed by atoms with Crippen molar-refractivity contribution in [1.82, 2.24) is 0 Å². The highest BCUT2D eigenvalue weighted by molar-refractivity contribution is 7.52. The van der Waals surface area contributed by atoms with Crippen molar-refractivity contribution in [3.05, 3.63) is 0 Å². The zero-order chi connectivity index (χ0) is 11.7. The molecule has 0 saturated carbocycles. The van der Waals surface area contributed by atoms with E-state index in [1.54, 1.807) is 7.05 Å². The van der Waals surface area contributed by atoms with Crippen LogP contribution >= 0.6 is 0 Å². The van der Waals surface area contributed by atoms with E-state index in [1.165, 1.54) is 7.11 Å². The van der Waals surface area contributed by atoms with Crippen molar-refractivity contribution in [1.29, 1.82) is 0 Å². The predicted molar refractivity (Wildman–Crippen MR) is 54.3 cm³/mol. The van der Waals surface area contributed by atoms with Gasteiger partial charge < -0.3 is 27.4 Å². The number of methoxy groups -OCH3 is 1. The molecule has 1 unspecified atom stereocenters. The summed E-state index contributed by atoms with van der Waals surface area (Å²) in [5.41, 5.74) is 0. The van der Waals surface area contributed by atoms with Gasteiger partial charge in [0.15, 0.2) is 6.54 Å². The predicted octanol–water partition coefficient (Wildman–Crippen LogP) is -0.992. The maximum absolute atomic E-state index is 10.9. The Balaban J connectivity index is 3.59. The van der Waals surface area contributed by atoms with Crippen LogP contribution in [0.25, 0.3) is 0 Å². The molecule has 0 fully saturated rings. The smallest absolute Gasteiger partial charge is 0.363 e. The quantitative estimate of drug-likeness (QED) is 0.193. The number of hydrogen-bond donors (Lipinski definition) is 1. The van der Waals surface area contributed by atoms with E-state index in [4.69, 9.17) is 27.5 Å². The van der Waals surface area contributed by atoms with E-state index >= 15 is 0 Å². The van der Waals surface area contributed by atoms with Crippen molar-refractivity contribution < 1.29 is 28.3 Å². The molecule has 0 heterocycles. The molecule has 6 nitrogen and oxygen atoms in total. The van der Waals surface area contributed by atoms with Gasteiger partial charge in [-0.3, -0.25) is 4.05 Å². The third-order valence-corrected chi connectivity index (χ3v) is 1.71. The number of hydroxylamine groups is 2. The lowest BCUT2D eigenvalue weighted by molar-refractivity contribution is -0.976. The maximum Gasteiger partial charge on any atom is 0.363 e. The molecular formula is C8H17NO5S. The van der Waals surface area contributed by atoms with Crippen molar-refractivity contribution in [2.75, 3.05) is 47.1 Å². The van der Waals surface area contributed by atoms with E-state index in [1.807, 2.05) is 0 Å². The SMILES string of the molecule is COC(=O)C[N+](C)([S-])OCCOCCO. The molecule has 0 spiro atoms. The molecule has 1 atom stereocenters. The number of hydrogen-bond acceptors (Lipinski definition) is 6. The van der Waals surface area contributed by atoms with E-state index in [0.29, 0.717) is 6.61 Å². The zero-order valence-electron chi connectivity index (χ0n) is 8.97. The number of aliphatic hydroxyl groups excluding tert-OH is 1. The van der Waals surface area contributed by atoms with Gasteiger partial charge in [0, 0.05) is 0 Å². The zero-order valence-corrected chi connectivity index (χ0v) is 9.79. The third kappa shape index (κ3) is 8.64. The fourth-order valence-electron chi connectivity index (χ4n) is 0.801. The molecule has 7 heteroatoms. The minimum absolute atomic E-state index is 0.0256. The van der Waals surface area contributed by atoms with Crippen LogP contribution in [0.15, 0.2) is 0 Å². The molecule has 90 valence electrons. The molecule has 0 aromatic carbocycles. The van der Waals surface area contributed by atoms with Crippen LogP contribution in [0.5, 0.6) is 0 Å². The normalized spacial score (nSPS) is 14.7. The highest BCUT2D eigenvalue weighted by Gasteiger charge is 2.15. The Morgan fingerprint density at radius 2 is 2.07 bits per heavy atom. The van der Waals surface area contributed by atoms with Crippen molar-refractivity contribution in [2.45, 2.75) is 0 Å². The molecule has 0 aliphatic carbocycles. The molecule has 0 radical (unpaired) electrons. The summed E-state index contributed by atoms with van der Waals surface area (Å²) in [7, 11) is 2.86. The molecule has 15 heavy (non-hydrogen) atoms. The Bertz CT molecular complexity index is 188. The summed E-state index contributed by atoms with van der Waals surface area (Å²) >= 11 is 4.97.